The van der Waals surface area contributed by atoms with E-state index in [9.17, 15) is 0 Å². The number of thiol groups is 1. The van der Waals surface area contributed by atoms with Crippen LogP contribution in [0.3, 0.4) is 0 Å². The minimum atomic E-state index is 0.350. The molecule has 0 aromatic carbocycles. The predicted molar refractivity (Wildman–Crippen MR) is 79.5 cm³/mol. The zero-order chi connectivity index (χ0) is 12.0. The lowest BCUT2D eigenvalue weighted by atomic mass is 9.87. The number of nitrogens with zero attached hydrogens (tertiary/aromatic N) is 1. The van der Waals surface area contributed by atoms with Crippen LogP contribution in [-0.2, 0) is 0 Å². The largest absolute Gasteiger partial charge is 0.249 e. The van der Waals surface area contributed by atoms with Gasteiger partial charge in [-0.3, -0.25) is 0 Å². The van der Waals surface area contributed by atoms with Gasteiger partial charge in [-0.25, -0.2) is 4.98 Å². The first-order valence-electron chi connectivity index (χ1n) is 5.51. The van der Waals surface area contributed by atoms with Gasteiger partial charge in [-0.15, -0.1) is 11.8 Å². The monoisotopic (exact) mass is 319 g/mol. The topological polar surface area (TPSA) is 12.9 Å². The van der Waals surface area contributed by atoms with Crippen LogP contribution in [0, 0.1) is 5.41 Å². The van der Waals surface area contributed by atoms with Crippen molar-refractivity contribution < 1.29 is 0 Å². The van der Waals surface area contributed by atoms with E-state index >= 15 is 0 Å². The summed E-state index contributed by atoms with van der Waals surface area (Å²) >= 11 is 9.71. The highest BCUT2D eigenvalue weighted by Gasteiger charge is 2.24. The van der Waals surface area contributed by atoms with Crippen molar-refractivity contribution in [3.63, 3.8) is 0 Å². The second-order valence-electron chi connectivity index (χ2n) is 3.97. The molecule has 1 heterocycles. The molecule has 0 fully saturated rings. The third-order valence-electron chi connectivity index (χ3n) is 3.06. The Kier molecular flexibility index (Phi) is 6.22. The van der Waals surface area contributed by atoms with Gasteiger partial charge in [-0.1, -0.05) is 13.8 Å². The maximum absolute atomic E-state index is 4.48. The lowest BCUT2D eigenvalue weighted by Gasteiger charge is -2.29. The van der Waals surface area contributed by atoms with Gasteiger partial charge in [-0.05, 0) is 52.1 Å². The lowest BCUT2D eigenvalue weighted by molar-refractivity contribution is 0.357. The minimum absolute atomic E-state index is 0.350. The summed E-state index contributed by atoms with van der Waals surface area (Å²) < 4.78 is 1.03. The Labute approximate surface area is 116 Å². The van der Waals surface area contributed by atoms with Crippen LogP contribution in [0.25, 0.3) is 0 Å². The van der Waals surface area contributed by atoms with Gasteiger partial charge in [0.15, 0.2) is 0 Å². The molecule has 90 valence electrons. The van der Waals surface area contributed by atoms with Crippen molar-refractivity contribution in [1.29, 1.82) is 0 Å². The fraction of sp³-hybridized carbons (Fsp3) is 0.583. The van der Waals surface area contributed by atoms with Crippen LogP contribution in [0.15, 0.2) is 27.8 Å². The van der Waals surface area contributed by atoms with E-state index in [1.54, 1.807) is 0 Å². The first-order chi connectivity index (χ1) is 7.65. The van der Waals surface area contributed by atoms with Crippen molar-refractivity contribution in [2.24, 2.45) is 5.41 Å². The van der Waals surface area contributed by atoms with Crippen LogP contribution in [-0.4, -0.2) is 16.5 Å². The van der Waals surface area contributed by atoms with E-state index in [1.807, 2.05) is 24.0 Å². The van der Waals surface area contributed by atoms with Crippen molar-refractivity contribution in [1.82, 2.24) is 4.98 Å². The van der Waals surface area contributed by atoms with E-state index < -0.39 is 0 Å². The zero-order valence-electron chi connectivity index (χ0n) is 9.74. The van der Waals surface area contributed by atoms with E-state index in [-0.39, 0.29) is 0 Å². The number of hydrogen-bond acceptors (Lipinski definition) is 3. The van der Waals surface area contributed by atoms with Gasteiger partial charge in [0, 0.05) is 16.4 Å². The Hall–Kier alpha value is 0.330. The Morgan fingerprint density at radius 3 is 2.50 bits per heavy atom. The number of hydrogen-bond donors (Lipinski definition) is 1. The quantitative estimate of drug-likeness (QED) is 0.604. The molecule has 16 heavy (non-hydrogen) atoms. The predicted octanol–water partition coefficient (Wildman–Crippen LogP) is 4.67. The summed E-state index contributed by atoms with van der Waals surface area (Å²) in [5.74, 6) is 2.04. The highest BCUT2D eigenvalue weighted by Crippen LogP contribution is 2.34. The Balaban J connectivity index is 2.58. The summed E-state index contributed by atoms with van der Waals surface area (Å²) in [5.41, 5.74) is 0.350. The zero-order valence-corrected chi connectivity index (χ0v) is 13.0. The van der Waals surface area contributed by atoms with Crippen LogP contribution in [0.4, 0.5) is 0 Å². The summed E-state index contributed by atoms with van der Waals surface area (Å²) in [4.78, 5) is 4.38. The number of thioether (sulfide) groups is 1. The SMILES string of the molecule is CCC(CC)(CS)CSc1ccc(Br)cn1. The molecule has 1 aromatic heterocycles. The third kappa shape index (κ3) is 3.97. The van der Waals surface area contributed by atoms with Crippen LogP contribution in [0.5, 0.6) is 0 Å². The first kappa shape index (κ1) is 14.4. The van der Waals surface area contributed by atoms with Crippen molar-refractivity contribution in [3.8, 4) is 0 Å². The minimum Gasteiger partial charge on any atom is -0.249 e. The van der Waals surface area contributed by atoms with Gasteiger partial charge in [0.2, 0.25) is 0 Å². The lowest BCUT2D eigenvalue weighted by Crippen LogP contribution is -2.24. The van der Waals surface area contributed by atoms with E-state index in [0.717, 1.165) is 21.0 Å². The molecule has 0 saturated heterocycles. The molecule has 0 aliphatic rings. The van der Waals surface area contributed by atoms with E-state index in [1.165, 1.54) is 12.8 Å². The molecule has 1 aromatic rings. The Bertz CT molecular complexity index is 301. The van der Waals surface area contributed by atoms with Gasteiger partial charge in [-0.2, -0.15) is 12.6 Å². The van der Waals surface area contributed by atoms with Crippen molar-refractivity contribution >= 4 is 40.3 Å². The molecule has 4 heteroatoms. The molecule has 0 saturated carbocycles. The fourth-order valence-electron chi connectivity index (χ4n) is 1.40. The molecule has 0 amide bonds. The fourth-order valence-corrected chi connectivity index (χ4v) is 3.60. The summed E-state index contributed by atoms with van der Waals surface area (Å²) in [5, 5.41) is 1.09. The van der Waals surface area contributed by atoms with Crippen molar-refractivity contribution in [2.75, 3.05) is 11.5 Å². The molecule has 0 aliphatic heterocycles. The van der Waals surface area contributed by atoms with E-state index in [2.05, 4.69) is 53.5 Å². The summed E-state index contributed by atoms with van der Waals surface area (Å²) in [6.45, 7) is 4.49. The van der Waals surface area contributed by atoms with Crippen LogP contribution < -0.4 is 0 Å². The van der Waals surface area contributed by atoms with Gasteiger partial charge >= 0.3 is 0 Å². The highest BCUT2D eigenvalue weighted by molar-refractivity contribution is 9.10. The molecule has 1 rings (SSSR count). The highest BCUT2D eigenvalue weighted by atomic mass is 79.9. The van der Waals surface area contributed by atoms with E-state index in [0.29, 0.717) is 5.41 Å². The normalized spacial score (nSPS) is 11.8. The molecule has 0 unspecified atom stereocenters. The second kappa shape index (κ2) is 6.92. The van der Waals surface area contributed by atoms with Crippen LogP contribution in [0.1, 0.15) is 26.7 Å². The Morgan fingerprint density at radius 1 is 1.38 bits per heavy atom. The summed E-state index contributed by atoms with van der Waals surface area (Å²) in [6.07, 6.45) is 4.20. The third-order valence-corrected chi connectivity index (χ3v) is 5.50. The number of pyridine rings is 1. The molecular formula is C12H18BrNS2. The van der Waals surface area contributed by atoms with Gasteiger partial charge < -0.3 is 0 Å². The number of aromatic nitrogens is 1. The molecule has 0 aliphatic carbocycles. The molecule has 0 bridgehead atoms. The summed E-state index contributed by atoms with van der Waals surface area (Å²) in [6, 6.07) is 4.10. The first-order valence-corrected chi connectivity index (χ1v) is 7.92. The molecule has 0 spiro atoms. The molecular weight excluding hydrogens is 302 g/mol. The van der Waals surface area contributed by atoms with Crippen molar-refractivity contribution in [3.05, 3.63) is 22.8 Å². The maximum atomic E-state index is 4.48. The molecule has 0 N–H and O–H groups in total. The molecule has 1 nitrogen and oxygen atoms in total. The standard InChI is InChI=1S/C12H18BrNS2/c1-3-12(4-2,8-15)9-16-11-6-5-10(13)7-14-11/h5-7,15H,3-4,8-9H2,1-2H3. The van der Waals surface area contributed by atoms with Gasteiger partial charge in [0.05, 0.1) is 5.03 Å². The smallest absolute Gasteiger partial charge is 0.0960 e. The van der Waals surface area contributed by atoms with Gasteiger partial charge in [0.1, 0.15) is 0 Å². The van der Waals surface area contributed by atoms with Crippen molar-refractivity contribution in [2.45, 2.75) is 31.7 Å². The van der Waals surface area contributed by atoms with E-state index in [4.69, 9.17) is 0 Å². The second-order valence-corrected chi connectivity index (χ2v) is 6.20. The molecule has 0 radical (unpaired) electrons. The van der Waals surface area contributed by atoms with Crippen LogP contribution in [0.2, 0.25) is 0 Å². The number of rotatable bonds is 6. The Morgan fingerprint density at radius 2 is 2.06 bits per heavy atom. The van der Waals surface area contributed by atoms with Gasteiger partial charge in [0.25, 0.3) is 0 Å². The number of halogens is 1. The molecule has 0 atom stereocenters. The maximum Gasteiger partial charge on any atom is 0.0960 e. The van der Waals surface area contributed by atoms with Crippen LogP contribution >= 0.6 is 40.3 Å². The summed E-state index contributed by atoms with van der Waals surface area (Å²) in [7, 11) is 0. The average molecular weight is 320 g/mol. The average Bonchev–Trinajstić information content (AvgIpc) is 2.34.